The monoisotopic (exact) mass is 204 g/mol. The minimum Gasteiger partial charge on any atom is -0.326 e. The van der Waals surface area contributed by atoms with Crippen LogP contribution in [0.2, 0.25) is 0 Å². The molecule has 15 heavy (non-hydrogen) atoms. The molecule has 0 bridgehead atoms. The number of nitrogens with two attached hydrogens (primary N) is 1. The Morgan fingerprint density at radius 1 is 1.47 bits per heavy atom. The van der Waals surface area contributed by atoms with E-state index in [9.17, 15) is 4.79 Å². The predicted molar refractivity (Wildman–Crippen MR) is 60.9 cm³/mol. The third-order valence-electron chi connectivity index (χ3n) is 2.36. The Labute approximate surface area is 90.0 Å². The van der Waals surface area contributed by atoms with E-state index in [0.29, 0.717) is 18.2 Å². The Balaban J connectivity index is 3.46. The molecule has 0 radical (unpaired) electrons. The van der Waals surface area contributed by atoms with Crippen molar-refractivity contribution in [1.29, 1.82) is 0 Å². The maximum Gasteiger partial charge on any atom is 0.240 e. The van der Waals surface area contributed by atoms with Gasteiger partial charge in [0, 0.05) is 6.54 Å². The molecule has 0 fully saturated rings. The second-order valence-electron chi connectivity index (χ2n) is 3.92. The fourth-order valence-electron chi connectivity index (χ4n) is 1.66. The molecule has 0 spiro atoms. The predicted octanol–water partition coefficient (Wildman–Crippen LogP) is 2.54. The largest absolute Gasteiger partial charge is 0.326 e. The zero-order chi connectivity index (χ0) is 11.4. The number of rotatable bonds is 3. The molecule has 0 saturated heterocycles. The van der Waals surface area contributed by atoms with Gasteiger partial charge in [-0.2, -0.15) is 4.99 Å². The molecule has 1 aromatic carbocycles. The topological polar surface area (TPSA) is 55.4 Å². The van der Waals surface area contributed by atoms with E-state index in [-0.39, 0.29) is 0 Å². The first-order valence-corrected chi connectivity index (χ1v) is 5.01. The normalized spacial score (nSPS) is 10.2. The number of aliphatic imine (C=N–C) groups is 1. The van der Waals surface area contributed by atoms with Gasteiger partial charge in [-0.3, -0.25) is 0 Å². The van der Waals surface area contributed by atoms with Gasteiger partial charge in [0.25, 0.3) is 0 Å². The van der Waals surface area contributed by atoms with Crippen molar-refractivity contribution in [2.24, 2.45) is 10.7 Å². The molecule has 0 amide bonds. The molecule has 0 aromatic heterocycles. The smallest absolute Gasteiger partial charge is 0.240 e. The van der Waals surface area contributed by atoms with Crippen LogP contribution in [0.15, 0.2) is 17.1 Å². The van der Waals surface area contributed by atoms with Gasteiger partial charge in [-0.25, -0.2) is 4.79 Å². The lowest BCUT2D eigenvalue weighted by molar-refractivity contribution is 0.565. The number of nitrogens with zero attached hydrogens (tertiary/aromatic N) is 1. The summed E-state index contributed by atoms with van der Waals surface area (Å²) in [6.07, 6.45) is 1.59. The fourth-order valence-corrected chi connectivity index (χ4v) is 1.66. The number of benzene rings is 1. The number of hydrogen-bond donors (Lipinski definition) is 1. The van der Waals surface area contributed by atoms with Gasteiger partial charge < -0.3 is 5.73 Å². The molecule has 80 valence electrons. The van der Waals surface area contributed by atoms with Gasteiger partial charge in [0.2, 0.25) is 6.08 Å². The van der Waals surface area contributed by atoms with Crippen molar-refractivity contribution in [3.63, 3.8) is 0 Å². The first kappa shape index (κ1) is 11.6. The summed E-state index contributed by atoms with van der Waals surface area (Å²) in [5.74, 6) is 0.322. The van der Waals surface area contributed by atoms with Gasteiger partial charge in [0.1, 0.15) is 0 Å². The summed E-state index contributed by atoms with van der Waals surface area (Å²) in [5, 5.41) is 0. The van der Waals surface area contributed by atoms with Gasteiger partial charge in [-0.15, -0.1) is 0 Å². The lowest BCUT2D eigenvalue weighted by atomic mass is 9.95. The van der Waals surface area contributed by atoms with Crippen molar-refractivity contribution < 1.29 is 4.79 Å². The quantitative estimate of drug-likeness (QED) is 0.607. The molecule has 2 N–H and O–H groups in total. The average Bonchev–Trinajstić information content (AvgIpc) is 2.19. The summed E-state index contributed by atoms with van der Waals surface area (Å²) in [7, 11) is 0. The van der Waals surface area contributed by atoms with Crippen LogP contribution in [-0.4, -0.2) is 6.08 Å². The van der Waals surface area contributed by atoms with E-state index in [1.165, 1.54) is 0 Å². The number of hydrogen-bond acceptors (Lipinski definition) is 3. The molecule has 0 saturated carbocycles. The van der Waals surface area contributed by atoms with Crippen molar-refractivity contribution in [1.82, 2.24) is 0 Å². The van der Waals surface area contributed by atoms with Crippen LogP contribution in [0.1, 0.15) is 36.5 Å². The minimum atomic E-state index is 0.322. The molecule has 1 aromatic rings. The second-order valence-corrected chi connectivity index (χ2v) is 3.92. The zero-order valence-electron chi connectivity index (χ0n) is 9.37. The summed E-state index contributed by atoms with van der Waals surface area (Å²) in [4.78, 5) is 14.1. The van der Waals surface area contributed by atoms with Crippen molar-refractivity contribution in [2.75, 3.05) is 0 Å². The molecule has 3 heteroatoms. The maximum absolute atomic E-state index is 10.4. The Morgan fingerprint density at radius 3 is 2.60 bits per heavy atom. The molecule has 3 nitrogen and oxygen atoms in total. The molecule has 0 aliphatic rings. The Hall–Kier alpha value is -1.44. The van der Waals surface area contributed by atoms with Gasteiger partial charge in [0.05, 0.1) is 5.69 Å². The van der Waals surface area contributed by atoms with Crippen LogP contribution in [0.25, 0.3) is 0 Å². The lowest BCUT2D eigenvalue weighted by Gasteiger charge is -2.13. The van der Waals surface area contributed by atoms with E-state index in [1.807, 2.05) is 19.1 Å². The van der Waals surface area contributed by atoms with Crippen LogP contribution < -0.4 is 5.73 Å². The van der Waals surface area contributed by atoms with E-state index in [1.54, 1.807) is 6.08 Å². The first-order chi connectivity index (χ1) is 7.10. The lowest BCUT2D eigenvalue weighted by Crippen LogP contribution is -2.01. The van der Waals surface area contributed by atoms with Crippen molar-refractivity contribution >= 4 is 11.8 Å². The van der Waals surface area contributed by atoms with Crippen LogP contribution in [0.3, 0.4) is 0 Å². The van der Waals surface area contributed by atoms with Crippen LogP contribution in [0.4, 0.5) is 5.69 Å². The SMILES string of the molecule is Cc1cc(CN)c(N=C=O)c(C(C)C)c1. The Morgan fingerprint density at radius 2 is 2.13 bits per heavy atom. The number of aryl methyl sites for hydroxylation is 1. The minimum absolute atomic E-state index is 0.322. The molecule has 0 heterocycles. The van der Waals surface area contributed by atoms with Gasteiger partial charge >= 0.3 is 0 Å². The maximum atomic E-state index is 10.4. The summed E-state index contributed by atoms with van der Waals surface area (Å²) in [6, 6.07) is 4.00. The summed E-state index contributed by atoms with van der Waals surface area (Å²) < 4.78 is 0. The summed E-state index contributed by atoms with van der Waals surface area (Å²) >= 11 is 0. The summed E-state index contributed by atoms with van der Waals surface area (Å²) in [6.45, 7) is 6.54. The van der Waals surface area contributed by atoms with E-state index in [0.717, 1.165) is 16.7 Å². The third kappa shape index (κ3) is 2.52. The van der Waals surface area contributed by atoms with E-state index < -0.39 is 0 Å². The van der Waals surface area contributed by atoms with Gasteiger partial charge in [-0.05, 0) is 24.0 Å². The number of carbonyl (C=O) groups excluding carboxylic acids is 1. The van der Waals surface area contributed by atoms with Crippen molar-refractivity contribution in [2.45, 2.75) is 33.2 Å². The third-order valence-corrected chi connectivity index (χ3v) is 2.36. The van der Waals surface area contributed by atoms with Crippen LogP contribution in [0, 0.1) is 6.92 Å². The first-order valence-electron chi connectivity index (χ1n) is 5.01. The highest BCUT2D eigenvalue weighted by Crippen LogP contribution is 2.31. The molecule has 0 aliphatic heterocycles. The van der Waals surface area contributed by atoms with Crippen molar-refractivity contribution in [3.05, 3.63) is 28.8 Å². The Bertz CT molecular complexity index is 404. The van der Waals surface area contributed by atoms with Crippen LogP contribution in [0.5, 0.6) is 0 Å². The van der Waals surface area contributed by atoms with Crippen LogP contribution >= 0.6 is 0 Å². The number of isocyanates is 1. The molecule has 0 atom stereocenters. The second kappa shape index (κ2) is 4.87. The Kier molecular flexibility index (Phi) is 3.78. The highest BCUT2D eigenvalue weighted by Gasteiger charge is 2.11. The van der Waals surface area contributed by atoms with Gasteiger partial charge in [0.15, 0.2) is 0 Å². The van der Waals surface area contributed by atoms with E-state index in [2.05, 4.69) is 18.8 Å². The highest BCUT2D eigenvalue weighted by molar-refractivity contribution is 5.60. The fraction of sp³-hybridized carbons (Fsp3) is 0.417. The molecule has 0 unspecified atom stereocenters. The standard InChI is InChI=1S/C12H16N2O/c1-8(2)11-5-9(3)4-10(6-13)12(11)14-7-15/h4-5,8H,6,13H2,1-3H3. The molecule has 0 aliphatic carbocycles. The van der Waals surface area contributed by atoms with Gasteiger partial charge in [-0.1, -0.05) is 31.5 Å². The molecular formula is C12H16N2O. The highest BCUT2D eigenvalue weighted by atomic mass is 16.1. The zero-order valence-corrected chi connectivity index (χ0v) is 9.37. The molecule has 1 rings (SSSR count). The average molecular weight is 204 g/mol. The molecular weight excluding hydrogens is 188 g/mol. The van der Waals surface area contributed by atoms with E-state index in [4.69, 9.17) is 5.73 Å². The van der Waals surface area contributed by atoms with Crippen LogP contribution in [-0.2, 0) is 11.3 Å². The van der Waals surface area contributed by atoms with Crippen molar-refractivity contribution in [3.8, 4) is 0 Å². The summed E-state index contributed by atoms with van der Waals surface area (Å²) in [5.41, 5.74) is 9.42. The van der Waals surface area contributed by atoms with E-state index >= 15 is 0 Å².